The Kier molecular flexibility index (Phi) is 6.31. The Balaban J connectivity index is 1.96. The first-order chi connectivity index (χ1) is 12.3. The van der Waals surface area contributed by atoms with Crippen molar-refractivity contribution < 1.29 is 22.7 Å². The maximum atomic E-state index is 12.2. The highest BCUT2D eigenvalue weighted by Gasteiger charge is 2.28. The number of nitriles is 1. The summed E-state index contributed by atoms with van der Waals surface area (Å²) in [7, 11) is 0. The van der Waals surface area contributed by atoms with Crippen molar-refractivity contribution in [3.8, 4) is 11.8 Å². The van der Waals surface area contributed by atoms with E-state index < -0.39 is 12.8 Å². The first-order valence-corrected chi connectivity index (χ1v) is 7.68. The molecule has 2 aromatic rings. The van der Waals surface area contributed by atoms with Crippen LogP contribution in [0.5, 0.6) is 5.75 Å². The number of para-hydroxylation sites is 1. The summed E-state index contributed by atoms with van der Waals surface area (Å²) < 4.78 is 41.2. The molecule has 0 bridgehead atoms. The van der Waals surface area contributed by atoms with E-state index in [-0.39, 0.29) is 23.8 Å². The fraction of sp³-hybridized carbons (Fsp3) is 0.176. The first kappa shape index (κ1) is 19.4. The quantitative estimate of drug-likeness (QED) is 0.784. The summed E-state index contributed by atoms with van der Waals surface area (Å²) in [4.78, 5) is 11.9. The molecule has 0 aliphatic rings. The number of carbonyl (C=O) groups is 1. The van der Waals surface area contributed by atoms with E-state index in [2.05, 4.69) is 15.4 Å². The van der Waals surface area contributed by atoms with Gasteiger partial charge in [0.05, 0.1) is 22.8 Å². The maximum Gasteiger partial charge on any atom is 0.422 e. The number of anilines is 2. The van der Waals surface area contributed by atoms with E-state index in [1.807, 2.05) is 0 Å². The molecule has 26 heavy (non-hydrogen) atoms. The lowest BCUT2D eigenvalue weighted by Gasteiger charge is -2.12. The zero-order valence-electron chi connectivity index (χ0n) is 13.2. The molecule has 0 aliphatic heterocycles. The van der Waals surface area contributed by atoms with E-state index >= 15 is 0 Å². The summed E-state index contributed by atoms with van der Waals surface area (Å²) in [5.41, 5.74) is 0.760. The van der Waals surface area contributed by atoms with E-state index in [4.69, 9.17) is 16.9 Å². The van der Waals surface area contributed by atoms with Crippen LogP contribution in [-0.4, -0.2) is 25.2 Å². The van der Waals surface area contributed by atoms with Gasteiger partial charge in [0.2, 0.25) is 5.91 Å². The number of hydrogen-bond acceptors (Lipinski definition) is 4. The van der Waals surface area contributed by atoms with Crippen LogP contribution >= 0.6 is 11.6 Å². The Labute approximate surface area is 152 Å². The molecule has 9 heteroatoms. The molecule has 0 radical (unpaired) electrons. The molecule has 0 spiro atoms. The second-order valence-electron chi connectivity index (χ2n) is 5.11. The van der Waals surface area contributed by atoms with Crippen molar-refractivity contribution in [2.75, 3.05) is 23.8 Å². The van der Waals surface area contributed by atoms with Crippen LogP contribution in [0.15, 0.2) is 42.5 Å². The van der Waals surface area contributed by atoms with Crippen LogP contribution in [-0.2, 0) is 4.79 Å². The van der Waals surface area contributed by atoms with Gasteiger partial charge in [0.25, 0.3) is 0 Å². The summed E-state index contributed by atoms with van der Waals surface area (Å²) in [5, 5.41) is 14.8. The second-order valence-corrected chi connectivity index (χ2v) is 5.52. The van der Waals surface area contributed by atoms with E-state index in [0.717, 1.165) is 0 Å². The van der Waals surface area contributed by atoms with Crippen LogP contribution in [0.3, 0.4) is 0 Å². The standard InChI is InChI=1S/C17H13ClF3N3O2/c18-13-3-1-2-4-14(13)24-16(25)9-23-12-5-6-15(11(7-12)8-22)26-10-17(19,20)21/h1-7,23H,9-10H2,(H,24,25). The summed E-state index contributed by atoms with van der Waals surface area (Å²) in [6.07, 6.45) is -4.50. The zero-order valence-corrected chi connectivity index (χ0v) is 14.0. The van der Waals surface area contributed by atoms with Crippen molar-refractivity contribution in [1.29, 1.82) is 5.26 Å². The molecule has 0 saturated heterocycles. The number of carbonyl (C=O) groups excluding carboxylic acids is 1. The van der Waals surface area contributed by atoms with Gasteiger partial charge in [-0.1, -0.05) is 23.7 Å². The molecule has 0 atom stereocenters. The number of halogens is 4. The number of hydrogen-bond donors (Lipinski definition) is 2. The minimum Gasteiger partial charge on any atom is -0.483 e. The van der Waals surface area contributed by atoms with Gasteiger partial charge in [0.15, 0.2) is 6.61 Å². The lowest BCUT2D eigenvalue weighted by Crippen LogP contribution is -2.22. The van der Waals surface area contributed by atoms with Gasteiger partial charge in [-0.05, 0) is 30.3 Å². The normalized spacial score (nSPS) is 10.7. The van der Waals surface area contributed by atoms with Gasteiger partial charge < -0.3 is 15.4 Å². The minimum atomic E-state index is -4.50. The third-order valence-corrected chi connectivity index (χ3v) is 3.42. The molecule has 0 fully saturated rings. The highest BCUT2D eigenvalue weighted by molar-refractivity contribution is 6.33. The Morgan fingerprint density at radius 2 is 1.96 bits per heavy atom. The fourth-order valence-corrected chi connectivity index (χ4v) is 2.14. The van der Waals surface area contributed by atoms with E-state index in [1.54, 1.807) is 30.3 Å². The van der Waals surface area contributed by atoms with E-state index in [1.165, 1.54) is 18.2 Å². The molecule has 0 aromatic heterocycles. The second kappa shape index (κ2) is 8.45. The van der Waals surface area contributed by atoms with Gasteiger partial charge in [-0.25, -0.2) is 0 Å². The Hall–Kier alpha value is -2.92. The maximum absolute atomic E-state index is 12.2. The zero-order chi connectivity index (χ0) is 19.2. The number of nitrogens with zero attached hydrogens (tertiary/aromatic N) is 1. The molecule has 0 unspecified atom stereocenters. The first-order valence-electron chi connectivity index (χ1n) is 7.30. The number of ether oxygens (including phenoxy) is 1. The van der Waals surface area contributed by atoms with E-state index in [0.29, 0.717) is 16.4 Å². The van der Waals surface area contributed by atoms with E-state index in [9.17, 15) is 18.0 Å². The van der Waals surface area contributed by atoms with Gasteiger partial charge >= 0.3 is 6.18 Å². The van der Waals surface area contributed by atoms with Crippen molar-refractivity contribution in [3.63, 3.8) is 0 Å². The molecule has 0 heterocycles. The van der Waals surface area contributed by atoms with Gasteiger partial charge in [-0.15, -0.1) is 0 Å². The minimum absolute atomic E-state index is 0.0780. The summed E-state index contributed by atoms with van der Waals surface area (Å²) in [6, 6.07) is 12.4. The van der Waals surface area contributed by atoms with Gasteiger partial charge in [0.1, 0.15) is 11.8 Å². The molecular formula is C17H13ClF3N3O2. The van der Waals surface area contributed by atoms with Crippen LogP contribution in [0.25, 0.3) is 0 Å². The average molecular weight is 384 g/mol. The lowest BCUT2D eigenvalue weighted by atomic mass is 10.2. The van der Waals surface area contributed by atoms with Gasteiger partial charge in [0, 0.05) is 5.69 Å². The SMILES string of the molecule is N#Cc1cc(NCC(=O)Nc2ccccc2Cl)ccc1OCC(F)(F)F. The number of alkyl halides is 3. The summed E-state index contributed by atoms with van der Waals surface area (Å²) >= 11 is 5.94. The highest BCUT2D eigenvalue weighted by atomic mass is 35.5. The fourth-order valence-electron chi connectivity index (χ4n) is 1.95. The summed E-state index contributed by atoms with van der Waals surface area (Å²) in [5.74, 6) is -0.565. The predicted molar refractivity (Wildman–Crippen MR) is 91.3 cm³/mol. The van der Waals surface area contributed by atoms with Crippen molar-refractivity contribution in [2.24, 2.45) is 0 Å². The van der Waals surface area contributed by atoms with Crippen LogP contribution in [0.2, 0.25) is 5.02 Å². The molecule has 2 aromatic carbocycles. The smallest absolute Gasteiger partial charge is 0.422 e. The average Bonchev–Trinajstić information content (AvgIpc) is 2.59. The topological polar surface area (TPSA) is 74.2 Å². The van der Waals surface area contributed by atoms with Crippen LogP contribution in [0.4, 0.5) is 24.5 Å². The molecular weight excluding hydrogens is 371 g/mol. The highest BCUT2D eigenvalue weighted by Crippen LogP contribution is 2.25. The van der Waals surface area contributed by atoms with Crippen molar-refractivity contribution in [1.82, 2.24) is 0 Å². The van der Waals surface area contributed by atoms with Crippen LogP contribution in [0.1, 0.15) is 5.56 Å². The Bertz CT molecular complexity index is 835. The predicted octanol–water partition coefficient (Wildman–Crippen LogP) is 4.20. The van der Waals surface area contributed by atoms with Gasteiger partial charge in [-0.3, -0.25) is 4.79 Å². The van der Waals surface area contributed by atoms with Crippen molar-refractivity contribution >= 4 is 28.9 Å². The third-order valence-electron chi connectivity index (χ3n) is 3.09. The number of rotatable bonds is 6. The molecule has 2 N–H and O–H groups in total. The van der Waals surface area contributed by atoms with Crippen molar-refractivity contribution in [2.45, 2.75) is 6.18 Å². The lowest BCUT2D eigenvalue weighted by molar-refractivity contribution is -0.153. The largest absolute Gasteiger partial charge is 0.483 e. The molecule has 0 aliphatic carbocycles. The molecule has 2 rings (SSSR count). The number of amides is 1. The molecule has 0 saturated carbocycles. The van der Waals surface area contributed by atoms with Crippen LogP contribution < -0.4 is 15.4 Å². The third kappa shape index (κ3) is 5.86. The number of benzene rings is 2. The van der Waals surface area contributed by atoms with Gasteiger partial charge in [-0.2, -0.15) is 18.4 Å². The Morgan fingerprint density at radius 3 is 2.62 bits per heavy atom. The van der Waals surface area contributed by atoms with Crippen LogP contribution in [0, 0.1) is 11.3 Å². The molecule has 1 amide bonds. The summed E-state index contributed by atoms with van der Waals surface area (Å²) in [6.45, 7) is -1.62. The Morgan fingerprint density at radius 1 is 1.23 bits per heavy atom. The molecule has 136 valence electrons. The number of nitrogens with one attached hydrogen (secondary N) is 2. The molecule has 5 nitrogen and oxygen atoms in total. The van der Waals surface area contributed by atoms with Crippen molar-refractivity contribution in [3.05, 3.63) is 53.1 Å². The monoisotopic (exact) mass is 383 g/mol.